The number of hydrogen-bond donors (Lipinski definition) is 1. The number of nitrogens with one attached hydrogen (secondary N) is 1. The van der Waals surface area contributed by atoms with Gasteiger partial charge in [0.2, 0.25) is 5.91 Å². The van der Waals surface area contributed by atoms with E-state index in [9.17, 15) is 19.2 Å². The molecule has 220 valence electrons. The van der Waals surface area contributed by atoms with E-state index in [-0.39, 0.29) is 30.5 Å². The number of piperazine rings is 1. The molecule has 0 radical (unpaired) electrons. The lowest BCUT2D eigenvalue weighted by Gasteiger charge is -2.36. The van der Waals surface area contributed by atoms with Gasteiger partial charge in [-0.15, -0.1) is 0 Å². The number of cyclic esters (lactones) is 1. The molecule has 3 aliphatic rings. The number of aromatic nitrogens is 3. The Balaban J connectivity index is 0.973. The van der Waals surface area contributed by atoms with Crippen LogP contribution in [0.25, 0.3) is 5.65 Å². The Morgan fingerprint density at radius 2 is 1.93 bits per heavy atom. The molecule has 3 amide bonds. The number of amides is 3. The van der Waals surface area contributed by atoms with Gasteiger partial charge in [-0.2, -0.15) is 0 Å². The van der Waals surface area contributed by atoms with E-state index in [1.165, 1.54) is 17.2 Å². The van der Waals surface area contributed by atoms with Crippen molar-refractivity contribution in [1.82, 2.24) is 24.6 Å². The molecule has 6 rings (SSSR count). The van der Waals surface area contributed by atoms with E-state index < -0.39 is 23.9 Å². The quantitative estimate of drug-likeness (QED) is 0.389. The zero-order chi connectivity index (χ0) is 29.2. The molecule has 4 heterocycles. The molecule has 1 N–H and O–H groups in total. The van der Waals surface area contributed by atoms with Crippen LogP contribution in [-0.4, -0.2) is 88.3 Å². The highest BCUT2D eigenvalue weighted by molar-refractivity contribution is 5.95. The summed E-state index contributed by atoms with van der Waals surface area (Å²) < 4.78 is 22.3. The van der Waals surface area contributed by atoms with Crippen molar-refractivity contribution in [2.24, 2.45) is 5.92 Å². The third kappa shape index (κ3) is 6.19. The number of nitrogens with zero attached hydrogens (tertiary/aromatic N) is 6. The third-order valence-corrected chi connectivity index (χ3v) is 7.95. The SMILES string of the molecule is O=C(CC[C@H]1CN(c2ccc(N3CCN(C(=O)CNC(=O)c4cn5ccncc5n4)CC3)c(F)c2)C(=O)O1)CC1CC1. The molecule has 13 heteroatoms. The van der Waals surface area contributed by atoms with Crippen molar-refractivity contribution in [3.05, 3.63) is 54.5 Å². The monoisotopic (exact) mass is 577 g/mol. The van der Waals surface area contributed by atoms with Gasteiger partial charge in [0, 0.05) is 57.6 Å². The molecule has 3 aromatic rings. The molecule has 0 bridgehead atoms. The Bertz CT molecular complexity index is 1480. The summed E-state index contributed by atoms with van der Waals surface area (Å²) in [4.78, 5) is 62.7. The number of ketones is 1. The summed E-state index contributed by atoms with van der Waals surface area (Å²) in [6.07, 6.45) is 9.14. The van der Waals surface area contributed by atoms with Gasteiger partial charge >= 0.3 is 6.09 Å². The fourth-order valence-corrected chi connectivity index (χ4v) is 5.38. The normalized spacial score (nSPS) is 18.8. The number of ether oxygens (including phenoxy) is 1. The van der Waals surface area contributed by atoms with E-state index in [1.54, 1.807) is 40.0 Å². The Labute approximate surface area is 241 Å². The summed E-state index contributed by atoms with van der Waals surface area (Å²) in [5.74, 6) is -0.428. The van der Waals surface area contributed by atoms with Crippen LogP contribution in [0.15, 0.2) is 43.0 Å². The number of fused-ring (bicyclic) bond motifs is 1. The molecular weight excluding hydrogens is 545 g/mol. The third-order valence-electron chi connectivity index (χ3n) is 7.95. The topological polar surface area (TPSA) is 129 Å². The minimum absolute atomic E-state index is 0.171. The summed E-state index contributed by atoms with van der Waals surface area (Å²) in [6, 6.07) is 4.63. The maximum Gasteiger partial charge on any atom is 0.414 e. The second kappa shape index (κ2) is 11.7. The van der Waals surface area contributed by atoms with E-state index in [0.29, 0.717) is 68.4 Å². The van der Waals surface area contributed by atoms with Crippen LogP contribution in [0.4, 0.5) is 20.6 Å². The number of carbonyl (C=O) groups is 4. The number of imidazole rings is 1. The molecule has 2 saturated heterocycles. The van der Waals surface area contributed by atoms with Gasteiger partial charge in [0.1, 0.15) is 23.4 Å². The first-order chi connectivity index (χ1) is 20.3. The van der Waals surface area contributed by atoms with Gasteiger partial charge < -0.3 is 24.3 Å². The minimum atomic E-state index is -0.542. The van der Waals surface area contributed by atoms with Crippen LogP contribution in [0.2, 0.25) is 0 Å². The van der Waals surface area contributed by atoms with Crippen molar-refractivity contribution in [2.75, 3.05) is 49.1 Å². The lowest BCUT2D eigenvalue weighted by Crippen LogP contribution is -2.51. The second-order valence-corrected chi connectivity index (χ2v) is 11.0. The number of carbonyl (C=O) groups excluding carboxylic acids is 4. The first-order valence-electron chi connectivity index (χ1n) is 14.2. The van der Waals surface area contributed by atoms with Gasteiger partial charge in [-0.05, 0) is 43.4 Å². The standard InChI is InChI=1S/C29H32FN7O5/c30-23-14-20(37-17-22(42-29(37)41)5-4-21(38)13-19-1-2-19)3-6-25(23)34-9-11-35(12-10-34)27(39)16-32-28(40)24-18-36-8-7-31-15-26(36)33-24/h3,6-8,14-15,18-19,22H,1-2,4-5,9-13,16-17H2,(H,32,40)/t22-/m0/s1. The Morgan fingerprint density at radius 3 is 2.67 bits per heavy atom. The van der Waals surface area contributed by atoms with Crippen LogP contribution < -0.4 is 15.1 Å². The van der Waals surface area contributed by atoms with Crippen molar-refractivity contribution >= 4 is 40.7 Å². The Morgan fingerprint density at radius 1 is 1.12 bits per heavy atom. The number of rotatable bonds is 10. The molecule has 1 aliphatic carbocycles. The Kier molecular flexibility index (Phi) is 7.72. The molecule has 0 spiro atoms. The number of anilines is 2. The van der Waals surface area contributed by atoms with Crippen LogP contribution in [-0.2, 0) is 14.3 Å². The maximum atomic E-state index is 15.2. The summed E-state index contributed by atoms with van der Waals surface area (Å²) in [5.41, 5.74) is 1.51. The van der Waals surface area contributed by atoms with Gasteiger partial charge in [0.15, 0.2) is 5.65 Å². The lowest BCUT2D eigenvalue weighted by atomic mass is 10.1. The molecule has 2 aromatic heterocycles. The minimum Gasteiger partial charge on any atom is -0.444 e. The lowest BCUT2D eigenvalue weighted by molar-refractivity contribution is -0.130. The maximum absolute atomic E-state index is 15.2. The highest BCUT2D eigenvalue weighted by Gasteiger charge is 2.34. The van der Waals surface area contributed by atoms with Crippen LogP contribution in [0.5, 0.6) is 0 Å². The van der Waals surface area contributed by atoms with Crippen molar-refractivity contribution < 1.29 is 28.3 Å². The molecule has 12 nitrogen and oxygen atoms in total. The molecule has 2 aliphatic heterocycles. The number of hydrogen-bond acceptors (Lipinski definition) is 8. The predicted molar refractivity (Wildman–Crippen MR) is 150 cm³/mol. The van der Waals surface area contributed by atoms with E-state index in [4.69, 9.17) is 4.74 Å². The largest absolute Gasteiger partial charge is 0.444 e. The number of benzene rings is 1. The van der Waals surface area contributed by atoms with Gasteiger partial charge in [0.05, 0.1) is 30.7 Å². The average molecular weight is 578 g/mol. The van der Waals surface area contributed by atoms with E-state index in [1.807, 2.05) is 4.90 Å². The molecule has 42 heavy (non-hydrogen) atoms. The fourth-order valence-electron chi connectivity index (χ4n) is 5.38. The van der Waals surface area contributed by atoms with Crippen molar-refractivity contribution in [2.45, 2.75) is 38.2 Å². The second-order valence-electron chi connectivity index (χ2n) is 11.0. The Hall–Kier alpha value is -4.55. The van der Waals surface area contributed by atoms with Crippen molar-refractivity contribution in [3.8, 4) is 0 Å². The van der Waals surface area contributed by atoms with Crippen molar-refractivity contribution in [1.29, 1.82) is 0 Å². The zero-order valence-corrected chi connectivity index (χ0v) is 23.1. The summed E-state index contributed by atoms with van der Waals surface area (Å²) >= 11 is 0. The first-order valence-corrected chi connectivity index (χ1v) is 14.2. The summed E-state index contributed by atoms with van der Waals surface area (Å²) in [5, 5.41) is 2.61. The molecule has 1 saturated carbocycles. The summed E-state index contributed by atoms with van der Waals surface area (Å²) in [7, 11) is 0. The first kappa shape index (κ1) is 27.6. The smallest absolute Gasteiger partial charge is 0.414 e. The van der Waals surface area contributed by atoms with Crippen molar-refractivity contribution in [3.63, 3.8) is 0 Å². The molecule has 1 aromatic carbocycles. The van der Waals surface area contributed by atoms with E-state index in [2.05, 4.69) is 15.3 Å². The van der Waals surface area contributed by atoms with Crippen LogP contribution >= 0.6 is 0 Å². The highest BCUT2D eigenvalue weighted by Crippen LogP contribution is 2.33. The van der Waals surface area contributed by atoms with Crippen LogP contribution in [0.1, 0.15) is 42.6 Å². The van der Waals surface area contributed by atoms with E-state index in [0.717, 1.165) is 12.8 Å². The number of Topliss-reactive ketones (excluding diaryl/α,β-unsaturated/α-hetero) is 1. The molecule has 1 atom stereocenters. The predicted octanol–water partition coefficient (Wildman–Crippen LogP) is 2.42. The zero-order valence-electron chi connectivity index (χ0n) is 23.1. The average Bonchev–Trinajstić information content (AvgIpc) is 3.56. The van der Waals surface area contributed by atoms with Gasteiger partial charge in [0.25, 0.3) is 5.91 Å². The fraction of sp³-hybridized carbons (Fsp3) is 0.448. The molecule has 3 fully saturated rings. The number of halogens is 1. The summed E-state index contributed by atoms with van der Waals surface area (Å²) in [6.45, 7) is 1.68. The highest BCUT2D eigenvalue weighted by atomic mass is 19.1. The van der Waals surface area contributed by atoms with Crippen LogP contribution in [0.3, 0.4) is 0 Å². The molecule has 0 unspecified atom stereocenters. The molecular formula is C29H32FN7O5. The van der Waals surface area contributed by atoms with Crippen LogP contribution in [0, 0.1) is 11.7 Å². The van der Waals surface area contributed by atoms with Gasteiger partial charge in [-0.1, -0.05) is 0 Å². The van der Waals surface area contributed by atoms with Gasteiger partial charge in [-0.3, -0.25) is 24.3 Å². The van der Waals surface area contributed by atoms with E-state index >= 15 is 4.39 Å². The van der Waals surface area contributed by atoms with Gasteiger partial charge in [-0.25, -0.2) is 14.2 Å².